The Kier molecular flexibility index (Phi) is 5.02. The second-order valence-electron chi connectivity index (χ2n) is 4.49. The number of thioether (sulfide) groups is 1. The van der Waals surface area contributed by atoms with Crippen LogP contribution >= 0.6 is 11.8 Å². The summed E-state index contributed by atoms with van der Waals surface area (Å²) in [7, 11) is 0. The van der Waals surface area contributed by atoms with Crippen molar-refractivity contribution in [2.45, 2.75) is 18.6 Å². The highest BCUT2D eigenvalue weighted by molar-refractivity contribution is 7.99. The monoisotopic (exact) mass is 279 g/mol. The van der Waals surface area contributed by atoms with E-state index in [0.717, 1.165) is 24.3 Å². The minimum absolute atomic E-state index is 0.0530. The van der Waals surface area contributed by atoms with Crippen LogP contribution in [0.4, 0.5) is 4.39 Å². The van der Waals surface area contributed by atoms with Crippen LogP contribution in [0.5, 0.6) is 0 Å². The molecule has 0 aromatic heterocycles. The maximum Gasteiger partial charge on any atom is 0.246 e. The lowest BCUT2D eigenvalue weighted by atomic mass is 10.1. The van der Waals surface area contributed by atoms with Gasteiger partial charge in [0.1, 0.15) is 5.82 Å². The average Bonchev–Trinajstić information content (AvgIpc) is 2.65. The van der Waals surface area contributed by atoms with Gasteiger partial charge in [-0.2, -0.15) is 11.8 Å². The maximum atomic E-state index is 13.8. The third-order valence-corrected chi connectivity index (χ3v) is 4.52. The second kappa shape index (κ2) is 6.75. The van der Waals surface area contributed by atoms with Crippen molar-refractivity contribution in [1.29, 1.82) is 0 Å². The summed E-state index contributed by atoms with van der Waals surface area (Å²) in [6.07, 6.45) is 4.15. The van der Waals surface area contributed by atoms with E-state index < -0.39 is 0 Å². The number of allylic oxidation sites excluding steroid dienone is 1. The highest BCUT2D eigenvalue weighted by atomic mass is 32.2. The van der Waals surface area contributed by atoms with Gasteiger partial charge >= 0.3 is 0 Å². The predicted octanol–water partition coefficient (Wildman–Crippen LogP) is 3.41. The highest BCUT2D eigenvalue weighted by Gasteiger charge is 2.22. The number of hydrogen-bond donors (Lipinski definition) is 0. The van der Waals surface area contributed by atoms with Crippen LogP contribution in [0.3, 0.4) is 0 Å². The Labute approximate surface area is 117 Å². The van der Waals surface area contributed by atoms with Crippen LogP contribution in [0, 0.1) is 5.82 Å². The van der Waals surface area contributed by atoms with Gasteiger partial charge < -0.3 is 4.90 Å². The summed E-state index contributed by atoms with van der Waals surface area (Å²) in [5.74, 6) is 0.757. The fraction of sp³-hybridized carbons (Fsp3) is 0.400. The lowest BCUT2D eigenvalue weighted by Gasteiger charge is -2.18. The molecule has 1 amide bonds. The van der Waals surface area contributed by atoms with E-state index in [9.17, 15) is 9.18 Å². The first-order valence-electron chi connectivity index (χ1n) is 6.50. The van der Waals surface area contributed by atoms with Gasteiger partial charge in [0.15, 0.2) is 0 Å². The zero-order chi connectivity index (χ0) is 13.7. The number of carbonyl (C=O) groups excluding carboxylic acids is 1. The molecule has 1 aromatic rings. The molecule has 19 heavy (non-hydrogen) atoms. The van der Waals surface area contributed by atoms with Crippen LogP contribution in [0.25, 0.3) is 0 Å². The van der Waals surface area contributed by atoms with Crippen LogP contribution in [0.2, 0.25) is 0 Å². The maximum absolute atomic E-state index is 13.8. The molecule has 0 unspecified atom stereocenters. The number of benzene rings is 1. The summed E-state index contributed by atoms with van der Waals surface area (Å²) < 4.78 is 13.8. The second-order valence-corrected chi connectivity index (χ2v) is 5.81. The molecule has 1 aliphatic heterocycles. The number of rotatable bonds is 2. The van der Waals surface area contributed by atoms with Gasteiger partial charge in [-0.3, -0.25) is 4.79 Å². The molecule has 0 saturated carbocycles. The fourth-order valence-corrected chi connectivity index (χ4v) is 3.48. The van der Waals surface area contributed by atoms with Crippen molar-refractivity contribution in [1.82, 2.24) is 4.90 Å². The summed E-state index contributed by atoms with van der Waals surface area (Å²) >= 11 is 1.73. The molecule has 1 fully saturated rings. The Morgan fingerprint density at radius 3 is 2.95 bits per heavy atom. The Bertz CT molecular complexity index is 475. The molecule has 1 aliphatic rings. The van der Waals surface area contributed by atoms with Crippen molar-refractivity contribution in [2.75, 3.05) is 18.8 Å². The summed E-state index contributed by atoms with van der Waals surface area (Å²) in [4.78, 5) is 13.7. The SMILES string of the molecule is C/C=C/C(=O)N1CCS[C@@H](c2ccccc2F)CC1. The molecular weight excluding hydrogens is 261 g/mol. The topological polar surface area (TPSA) is 20.3 Å². The minimum Gasteiger partial charge on any atom is -0.338 e. The van der Waals surface area contributed by atoms with E-state index in [4.69, 9.17) is 0 Å². The lowest BCUT2D eigenvalue weighted by Crippen LogP contribution is -2.31. The van der Waals surface area contributed by atoms with E-state index in [0.29, 0.717) is 6.54 Å². The van der Waals surface area contributed by atoms with E-state index in [2.05, 4.69) is 0 Å². The van der Waals surface area contributed by atoms with Gasteiger partial charge in [-0.1, -0.05) is 24.3 Å². The average molecular weight is 279 g/mol. The van der Waals surface area contributed by atoms with Crippen molar-refractivity contribution >= 4 is 17.7 Å². The Morgan fingerprint density at radius 1 is 1.42 bits per heavy atom. The zero-order valence-electron chi connectivity index (χ0n) is 11.0. The fourth-order valence-electron chi connectivity index (χ4n) is 2.22. The van der Waals surface area contributed by atoms with Gasteiger partial charge in [0.2, 0.25) is 5.91 Å². The van der Waals surface area contributed by atoms with E-state index in [1.807, 2.05) is 24.0 Å². The zero-order valence-corrected chi connectivity index (χ0v) is 11.8. The van der Waals surface area contributed by atoms with Crippen LogP contribution in [-0.2, 0) is 4.79 Å². The minimum atomic E-state index is -0.145. The first-order chi connectivity index (χ1) is 9.22. The molecule has 0 bridgehead atoms. The van der Waals surface area contributed by atoms with Gasteiger partial charge in [-0.05, 0) is 25.5 Å². The largest absolute Gasteiger partial charge is 0.338 e. The molecule has 1 aromatic carbocycles. The number of halogens is 1. The third kappa shape index (κ3) is 3.60. The standard InChI is InChI=1S/C15H18FNOS/c1-2-5-15(18)17-9-8-14(19-11-10-17)12-6-3-4-7-13(12)16/h2-7,14H,8-11H2,1H3/b5-2+/t14-/m1/s1. The molecule has 102 valence electrons. The molecular formula is C15H18FNOS. The normalized spacial score (nSPS) is 20.5. The number of amides is 1. The van der Waals surface area contributed by atoms with E-state index >= 15 is 0 Å². The molecule has 0 N–H and O–H groups in total. The van der Waals surface area contributed by atoms with Gasteiger partial charge in [0.25, 0.3) is 0 Å². The summed E-state index contributed by atoms with van der Waals surface area (Å²) in [6, 6.07) is 6.93. The Hall–Kier alpha value is -1.29. The number of nitrogens with zero attached hydrogens (tertiary/aromatic N) is 1. The number of hydrogen-bond acceptors (Lipinski definition) is 2. The van der Waals surface area contributed by atoms with Crippen molar-refractivity contribution in [3.63, 3.8) is 0 Å². The van der Waals surface area contributed by atoms with Gasteiger partial charge in [0.05, 0.1) is 0 Å². The molecule has 0 spiro atoms. The van der Waals surface area contributed by atoms with Crippen LogP contribution in [0.1, 0.15) is 24.2 Å². The van der Waals surface area contributed by atoms with Gasteiger partial charge in [-0.25, -0.2) is 4.39 Å². The van der Waals surface area contributed by atoms with Gasteiger partial charge in [0, 0.05) is 29.7 Å². The van der Waals surface area contributed by atoms with Crippen LogP contribution in [-0.4, -0.2) is 29.6 Å². The Balaban J connectivity index is 2.05. The van der Waals surface area contributed by atoms with Crippen molar-refractivity contribution in [3.05, 3.63) is 47.8 Å². The molecule has 0 aliphatic carbocycles. The number of carbonyl (C=O) groups is 1. The predicted molar refractivity (Wildman–Crippen MR) is 77.6 cm³/mol. The third-order valence-electron chi connectivity index (χ3n) is 3.21. The van der Waals surface area contributed by atoms with E-state index in [1.54, 1.807) is 30.0 Å². The first kappa shape index (κ1) is 14.1. The Morgan fingerprint density at radius 2 is 2.21 bits per heavy atom. The molecule has 1 heterocycles. The quantitative estimate of drug-likeness (QED) is 0.773. The smallest absolute Gasteiger partial charge is 0.246 e. The van der Waals surface area contributed by atoms with Crippen LogP contribution < -0.4 is 0 Å². The first-order valence-corrected chi connectivity index (χ1v) is 7.55. The lowest BCUT2D eigenvalue weighted by molar-refractivity contribution is -0.125. The van der Waals surface area contributed by atoms with Crippen molar-refractivity contribution in [2.24, 2.45) is 0 Å². The summed E-state index contributed by atoms with van der Waals surface area (Å²) in [6.45, 7) is 3.26. The molecule has 1 saturated heterocycles. The van der Waals surface area contributed by atoms with Gasteiger partial charge in [-0.15, -0.1) is 0 Å². The van der Waals surface area contributed by atoms with E-state index in [1.165, 1.54) is 6.07 Å². The molecule has 4 heteroatoms. The molecule has 2 nitrogen and oxygen atoms in total. The van der Waals surface area contributed by atoms with Crippen LogP contribution in [0.15, 0.2) is 36.4 Å². The highest BCUT2D eigenvalue weighted by Crippen LogP contribution is 2.35. The molecule has 1 atom stereocenters. The molecule has 2 rings (SSSR count). The van der Waals surface area contributed by atoms with Crippen molar-refractivity contribution < 1.29 is 9.18 Å². The molecule has 0 radical (unpaired) electrons. The summed E-state index contributed by atoms with van der Waals surface area (Å²) in [5.41, 5.74) is 0.757. The van der Waals surface area contributed by atoms with E-state index in [-0.39, 0.29) is 17.0 Å². The van der Waals surface area contributed by atoms with Crippen molar-refractivity contribution in [3.8, 4) is 0 Å². The summed E-state index contributed by atoms with van der Waals surface area (Å²) in [5, 5.41) is 0.143.